The highest BCUT2D eigenvalue weighted by Crippen LogP contribution is 2.37. The van der Waals surface area contributed by atoms with Gasteiger partial charge in [0, 0.05) is 25.4 Å². The fourth-order valence-electron chi connectivity index (χ4n) is 3.54. The lowest BCUT2D eigenvalue weighted by molar-refractivity contribution is 0.478. The molecule has 0 saturated carbocycles. The summed E-state index contributed by atoms with van der Waals surface area (Å²) in [5.41, 5.74) is 11.3. The normalized spacial score (nSPS) is 11.4. The molecule has 5 aromatic rings. The Bertz CT molecular complexity index is 1320. The van der Waals surface area contributed by atoms with Crippen molar-refractivity contribution >= 4 is 11.0 Å². The van der Waals surface area contributed by atoms with Gasteiger partial charge in [0.15, 0.2) is 11.6 Å². The van der Waals surface area contributed by atoms with E-state index >= 15 is 0 Å². The number of nitrogens with zero attached hydrogens (tertiary/aromatic N) is 6. The average molecular weight is 400 g/mol. The van der Waals surface area contributed by atoms with Gasteiger partial charge in [0.25, 0.3) is 0 Å². The molecule has 0 spiro atoms. The quantitative estimate of drug-likeness (QED) is 0.416. The molecule has 3 aromatic heterocycles. The van der Waals surface area contributed by atoms with Crippen LogP contribution >= 0.6 is 0 Å². The van der Waals surface area contributed by atoms with Crippen molar-refractivity contribution in [2.75, 3.05) is 0 Å². The van der Waals surface area contributed by atoms with Crippen LogP contribution in [0.5, 0.6) is 5.75 Å². The number of hydrogen-bond donors (Lipinski definition) is 3. The van der Waals surface area contributed by atoms with Crippen molar-refractivity contribution in [3.63, 3.8) is 0 Å². The third-order valence-electron chi connectivity index (χ3n) is 5.07. The van der Waals surface area contributed by atoms with E-state index in [4.69, 9.17) is 5.73 Å². The summed E-state index contributed by atoms with van der Waals surface area (Å²) in [5, 5.41) is 23.2. The molecule has 0 unspecified atom stereocenters. The molecule has 0 aliphatic rings. The predicted octanol–water partition coefficient (Wildman–Crippen LogP) is 2.43. The van der Waals surface area contributed by atoms with Crippen molar-refractivity contribution in [2.24, 2.45) is 12.8 Å². The lowest BCUT2D eigenvalue weighted by Crippen LogP contribution is -2.00. The summed E-state index contributed by atoms with van der Waals surface area (Å²) in [6.07, 6.45) is 3.46. The van der Waals surface area contributed by atoms with E-state index in [1.807, 2.05) is 48.7 Å². The van der Waals surface area contributed by atoms with Crippen LogP contribution in [0, 0.1) is 0 Å². The van der Waals surface area contributed by atoms with Gasteiger partial charge in [-0.25, -0.2) is 9.67 Å². The fourth-order valence-corrected chi connectivity index (χ4v) is 3.54. The van der Waals surface area contributed by atoms with Crippen LogP contribution in [-0.4, -0.2) is 39.8 Å². The average Bonchev–Trinajstić information content (AvgIpc) is 3.47. The number of hydrogen-bond acceptors (Lipinski definition) is 6. The number of aryl methyl sites for hydroxylation is 1. The summed E-state index contributed by atoms with van der Waals surface area (Å²) in [6, 6.07) is 13.7. The van der Waals surface area contributed by atoms with Crippen LogP contribution in [0.1, 0.15) is 11.1 Å². The van der Waals surface area contributed by atoms with Crippen molar-refractivity contribution in [1.29, 1.82) is 0 Å². The number of nitrogens with one attached hydrogen (secondary N) is 1. The third kappa shape index (κ3) is 3.11. The molecule has 0 atom stereocenters. The second-order valence-electron chi connectivity index (χ2n) is 7.11. The first-order valence-corrected chi connectivity index (χ1v) is 9.51. The van der Waals surface area contributed by atoms with E-state index in [-0.39, 0.29) is 5.75 Å². The number of aromatic hydroxyl groups is 1. The number of aromatic amines is 1. The van der Waals surface area contributed by atoms with Crippen molar-refractivity contribution in [3.05, 3.63) is 66.0 Å². The first-order chi connectivity index (χ1) is 14.6. The zero-order chi connectivity index (χ0) is 20.7. The van der Waals surface area contributed by atoms with E-state index in [2.05, 4.69) is 25.4 Å². The van der Waals surface area contributed by atoms with Gasteiger partial charge < -0.3 is 15.8 Å². The lowest BCUT2D eigenvalue weighted by Gasteiger charge is -2.03. The van der Waals surface area contributed by atoms with Gasteiger partial charge in [-0.2, -0.15) is 5.10 Å². The SMILES string of the molecule is Cn1nc(-c2ccc(Cn3ccnn3)cc2)c(O)c1-c1nc2ccc(CN)cc2[nH]1. The first-order valence-electron chi connectivity index (χ1n) is 9.51. The van der Waals surface area contributed by atoms with Gasteiger partial charge in [0.2, 0.25) is 0 Å². The first kappa shape index (κ1) is 18.1. The Morgan fingerprint density at radius 1 is 1.10 bits per heavy atom. The Morgan fingerprint density at radius 2 is 1.90 bits per heavy atom. The minimum absolute atomic E-state index is 0.0830. The minimum atomic E-state index is 0.0830. The molecule has 0 saturated heterocycles. The third-order valence-corrected chi connectivity index (χ3v) is 5.07. The Hall–Kier alpha value is -3.98. The largest absolute Gasteiger partial charge is 0.504 e. The number of rotatable bonds is 5. The van der Waals surface area contributed by atoms with Crippen molar-refractivity contribution in [2.45, 2.75) is 13.1 Å². The maximum Gasteiger partial charge on any atom is 0.173 e. The number of imidazole rings is 1. The molecule has 2 aromatic carbocycles. The zero-order valence-electron chi connectivity index (χ0n) is 16.3. The molecule has 3 heterocycles. The number of nitrogens with two attached hydrogens (primary N) is 1. The zero-order valence-corrected chi connectivity index (χ0v) is 16.3. The van der Waals surface area contributed by atoms with Crippen molar-refractivity contribution in [1.82, 2.24) is 34.7 Å². The Labute approximate surface area is 171 Å². The Balaban J connectivity index is 1.49. The van der Waals surface area contributed by atoms with Gasteiger partial charge in [-0.05, 0) is 23.3 Å². The molecule has 4 N–H and O–H groups in total. The second-order valence-corrected chi connectivity index (χ2v) is 7.11. The molecule has 0 bridgehead atoms. The molecule has 0 radical (unpaired) electrons. The standard InChI is InChI=1S/C21H20N8O/c1-28-19(21-24-16-7-4-14(11-22)10-17(16)25-21)20(30)18(26-28)15-5-2-13(3-6-15)12-29-9-8-23-27-29/h2-10,30H,11-12,22H2,1H3,(H,24,25). The molecular formula is C21H20N8O. The Kier molecular flexibility index (Phi) is 4.29. The Morgan fingerprint density at radius 3 is 2.63 bits per heavy atom. The van der Waals surface area contributed by atoms with Gasteiger partial charge in [0.05, 0.1) is 23.8 Å². The molecule has 0 aliphatic carbocycles. The molecule has 9 heteroatoms. The van der Waals surface area contributed by atoms with E-state index in [9.17, 15) is 5.11 Å². The van der Waals surface area contributed by atoms with E-state index in [1.54, 1.807) is 22.6 Å². The summed E-state index contributed by atoms with van der Waals surface area (Å²) in [7, 11) is 1.79. The summed E-state index contributed by atoms with van der Waals surface area (Å²) in [6.45, 7) is 1.09. The molecule has 0 amide bonds. The topological polar surface area (TPSA) is 123 Å². The highest BCUT2D eigenvalue weighted by molar-refractivity contribution is 5.82. The van der Waals surface area contributed by atoms with Gasteiger partial charge in [-0.3, -0.25) is 4.68 Å². The van der Waals surface area contributed by atoms with E-state index < -0.39 is 0 Å². The number of fused-ring (bicyclic) bond motifs is 1. The van der Waals surface area contributed by atoms with Crippen LogP contribution in [0.15, 0.2) is 54.9 Å². The molecule has 5 rings (SSSR count). The predicted molar refractivity (Wildman–Crippen MR) is 112 cm³/mol. The van der Waals surface area contributed by atoms with Crippen LogP contribution in [0.2, 0.25) is 0 Å². The summed E-state index contributed by atoms with van der Waals surface area (Å²) >= 11 is 0. The van der Waals surface area contributed by atoms with Crippen LogP contribution in [0.25, 0.3) is 33.8 Å². The van der Waals surface area contributed by atoms with E-state index in [0.717, 1.165) is 27.7 Å². The highest BCUT2D eigenvalue weighted by atomic mass is 16.3. The smallest absolute Gasteiger partial charge is 0.173 e. The summed E-state index contributed by atoms with van der Waals surface area (Å²) in [5.74, 6) is 0.639. The van der Waals surface area contributed by atoms with Gasteiger partial charge in [-0.15, -0.1) is 5.10 Å². The van der Waals surface area contributed by atoms with Gasteiger partial charge in [0.1, 0.15) is 11.4 Å². The summed E-state index contributed by atoms with van der Waals surface area (Å²) in [4.78, 5) is 7.87. The number of H-pyrrole nitrogens is 1. The van der Waals surface area contributed by atoms with Gasteiger partial charge in [-0.1, -0.05) is 35.5 Å². The summed E-state index contributed by atoms with van der Waals surface area (Å²) < 4.78 is 3.39. The molecule has 0 aliphatic heterocycles. The van der Waals surface area contributed by atoms with Crippen molar-refractivity contribution < 1.29 is 5.11 Å². The number of benzene rings is 2. The molecule has 0 fully saturated rings. The van der Waals surface area contributed by atoms with Gasteiger partial charge >= 0.3 is 0 Å². The molecule has 150 valence electrons. The number of aromatic nitrogens is 7. The maximum absolute atomic E-state index is 10.9. The minimum Gasteiger partial charge on any atom is -0.504 e. The van der Waals surface area contributed by atoms with Crippen molar-refractivity contribution in [3.8, 4) is 28.5 Å². The van der Waals surface area contributed by atoms with Crippen LogP contribution in [0.4, 0.5) is 0 Å². The molecular weight excluding hydrogens is 380 g/mol. The highest BCUT2D eigenvalue weighted by Gasteiger charge is 2.21. The molecule has 9 nitrogen and oxygen atoms in total. The van der Waals surface area contributed by atoms with E-state index in [0.29, 0.717) is 30.3 Å². The van der Waals surface area contributed by atoms with Crippen LogP contribution in [0.3, 0.4) is 0 Å². The molecule has 30 heavy (non-hydrogen) atoms. The van der Waals surface area contributed by atoms with Crippen LogP contribution in [-0.2, 0) is 20.1 Å². The lowest BCUT2D eigenvalue weighted by atomic mass is 10.1. The van der Waals surface area contributed by atoms with Crippen LogP contribution < -0.4 is 5.73 Å². The monoisotopic (exact) mass is 400 g/mol. The van der Waals surface area contributed by atoms with E-state index in [1.165, 1.54) is 0 Å². The maximum atomic E-state index is 10.9. The second kappa shape index (κ2) is 7.12. The fraction of sp³-hybridized carbons (Fsp3) is 0.143.